The lowest BCUT2D eigenvalue weighted by atomic mass is 10.1. The molecule has 0 aromatic carbocycles. The Kier molecular flexibility index (Phi) is 5.80. The number of nitrogens with zero attached hydrogens (tertiary/aromatic N) is 1. The number of rotatable bonds is 4. The van der Waals surface area contributed by atoms with Gasteiger partial charge in [0.05, 0.1) is 11.9 Å². The van der Waals surface area contributed by atoms with Gasteiger partial charge in [0.25, 0.3) is 0 Å². The molecule has 0 saturated heterocycles. The van der Waals surface area contributed by atoms with Gasteiger partial charge in [-0.15, -0.1) is 4.40 Å². The second-order valence-electron chi connectivity index (χ2n) is 2.36. The monoisotopic (exact) mass is 173 g/mol. The van der Waals surface area contributed by atoms with Crippen LogP contribution in [0.3, 0.4) is 0 Å². The van der Waals surface area contributed by atoms with Crippen molar-refractivity contribution in [3.63, 3.8) is 0 Å². The highest BCUT2D eigenvalue weighted by Crippen LogP contribution is 2.13. The van der Waals surface area contributed by atoms with Gasteiger partial charge in [-0.05, 0) is 5.92 Å². The smallest absolute Gasteiger partial charge is 0.247 e. The van der Waals surface area contributed by atoms with Gasteiger partial charge in [-0.25, -0.2) is 4.79 Å². The molecule has 0 fully saturated rings. The lowest BCUT2D eigenvalue weighted by Crippen LogP contribution is -1.99. The highest BCUT2D eigenvalue weighted by Gasteiger charge is 2.06. The van der Waals surface area contributed by atoms with E-state index in [0.717, 1.165) is 6.42 Å². The summed E-state index contributed by atoms with van der Waals surface area (Å²) in [5.74, 6) is 0.372. The Morgan fingerprint density at radius 1 is 1.73 bits per heavy atom. The third-order valence-electron chi connectivity index (χ3n) is 1.40. The summed E-state index contributed by atoms with van der Waals surface area (Å²) < 4.78 is 3.12. The first kappa shape index (κ1) is 10.4. The maximum atomic E-state index is 10.9. The van der Waals surface area contributed by atoms with E-state index >= 15 is 0 Å². The molecule has 1 atom stereocenters. The minimum Gasteiger partial charge on any atom is -0.285 e. The predicted octanol–water partition coefficient (Wildman–Crippen LogP) is 1.93. The number of hydrogen-bond acceptors (Lipinski definition) is 4. The molecule has 0 saturated carbocycles. The van der Waals surface area contributed by atoms with Gasteiger partial charge in [0.2, 0.25) is 11.2 Å². The van der Waals surface area contributed by atoms with Crippen LogP contribution in [0.15, 0.2) is 4.40 Å². The predicted molar refractivity (Wildman–Crippen MR) is 44.8 cm³/mol. The molecule has 0 aliphatic heterocycles. The summed E-state index contributed by atoms with van der Waals surface area (Å²) in [6.07, 6.45) is 2.75. The Morgan fingerprint density at radius 3 is 2.82 bits per heavy atom. The van der Waals surface area contributed by atoms with Crippen molar-refractivity contribution in [3.8, 4) is 0 Å². The van der Waals surface area contributed by atoms with Crippen molar-refractivity contribution in [2.45, 2.75) is 26.7 Å². The summed E-state index contributed by atoms with van der Waals surface area (Å²) in [6, 6.07) is 0. The Bertz CT molecular complexity index is 175. The average molecular weight is 173 g/mol. The SMILES string of the molecule is CCC(C)CC(=O)SN=C=O. The zero-order valence-corrected chi connectivity index (χ0v) is 7.48. The molecule has 11 heavy (non-hydrogen) atoms. The molecule has 0 aromatic heterocycles. The highest BCUT2D eigenvalue weighted by atomic mass is 32.2. The van der Waals surface area contributed by atoms with Crippen LogP contribution in [0, 0.1) is 5.92 Å². The number of hydrogen-bond donors (Lipinski definition) is 0. The van der Waals surface area contributed by atoms with E-state index in [1.54, 1.807) is 0 Å². The Morgan fingerprint density at radius 2 is 2.36 bits per heavy atom. The molecule has 4 heteroatoms. The van der Waals surface area contributed by atoms with E-state index in [0.29, 0.717) is 24.3 Å². The lowest BCUT2D eigenvalue weighted by Gasteiger charge is -2.02. The van der Waals surface area contributed by atoms with Crippen molar-refractivity contribution in [2.75, 3.05) is 0 Å². The van der Waals surface area contributed by atoms with Crippen LogP contribution in [0.1, 0.15) is 26.7 Å². The fourth-order valence-electron chi connectivity index (χ4n) is 0.536. The molecular formula is C7H11NO2S. The quantitative estimate of drug-likeness (QED) is 0.371. The molecule has 0 radical (unpaired) electrons. The third-order valence-corrected chi connectivity index (χ3v) is 1.93. The molecule has 0 heterocycles. The molecule has 0 N–H and O–H groups in total. The standard InChI is InChI=1S/C7H11NO2S/c1-3-6(2)4-7(10)11-8-5-9/h6H,3-4H2,1-2H3. The molecule has 0 amide bonds. The molecule has 0 aliphatic rings. The summed E-state index contributed by atoms with van der Waals surface area (Å²) >= 11 is 0.683. The molecule has 0 bridgehead atoms. The van der Waals surface area contributed by atoms with Crippen LogP contribution in [0.4, 0.5) is 0 Å². The topological polar surface area (TPSA) is 46.5 Å². The number of carbonyl (C=O) groups excluding carboxylic acids is 2. The van der Waals surface area contributed by atoms with Crippen molar-refractivity contribution in [2.24, 2.45) is 10.3 Å². The van der Waals surface area contributed by atoms with Crippen LogP contribution in [0.5, 0.6) is 0 Å². The molecule has 62 valence electrons. The van der Waals surface area contributed by atoms with Crippen molar-refractivity contribution in [3.05, 3.63) is 0 Å². The van der Waals surface area contributed by atoms with E-state index in [-0.39, 0.29) is 5.12 Å². The van der Waals surface area contributed by atoms with Crippen LogP contribution < -0.4 is 0 Å². The van der Waals surface area contributed by atoms with E-state index in [9.17, 15) is 9.59 Å². The zero-order valence-electron chi connectivity index (χ0n) is 6.66. The normalized spacial score (nSPS) is 11.8. The van der Waals surface area contributed by atoms with E-state index in [2.05, 4.69) is 4.40 Å². The first-order valence-electron chi connectivity index (χ1n) is 3.47. The molecule has 1 unspecified atom stereocenters. The minimum atomic E-state index is -0.0669. The fraction of sp³-hybridized carbons (Fsp3) is 0.714. The molecular weight excluding hydrogens is 162 g/mol. The Hall–Kier alpha value is -0.600. The van der Waals surface area contributed by atoms with Gasteiger partial charge < -0.3 is 0 Å². The van der Waals surface area contributed by atoms with Gasteiger partial charge in [0.1, 0.15) is 0 Å². The zero-order chi connectivity index (χ0) is 8.69. The van der Waals surface area contributed by atoms with E-state index < -0.39 is 0 Å². The largest absolute Gasteiger partial charge is 0.285 e. The second-order valence-corrected chi connectivity index (χ2v) is 3.18. The van der Waals surface area contributed by atoms with Gasteiger partial charge in [0, 0.05) is 6.42 Å². The first-order valence-corrected chi connectivity index (χ1v) is 4.25. The molecule has 0 spiro atoms. The summed E-state index contributed by atoms with van der Waals surface area (Å²) in [5, 5.41) is -0.0669. The average Bonchev–Trinajstić information content (AvgIpc) is 2.00. The number of isocyanates is 1. The minimum absolute atomic E-state index is 0.0669. The molecule has 0 aromatic rings. The fourth-order valence-corrected chi connectivity index (χ4v) is 1.03. The first-order chi connectivity index (χ1) is 5.20. The maximum Gasteiger partial charge on any atom is 0.247 e. The van der Waals surface area contributed by atoms with E-state index in [1.807, 2.05) is 13.8 Å². The van der Waals surface area contributed by atoms with Gasteiger partial charge in [-0.3, -0.25) is 4.79 Å². The Labute approximate surface area is 70.4 Å². The second kappa shape index (κ2) is 6.13. The van der Waals surface area contributed by atoms with Gasteiger partial charge in [-0.2, -0.15) is 0 Å². The summed E-state index contributed by atoms with van der Waals surface area (Å²) in [6.45, 7) is 4.01. The maximum absolute atomic E-state index is 10.9. The molecule has 0 rings (SSSR count). The molecule has 3 nitrogen and oxygen atoms in total. The van der Waals surface area contributed by atoms with Crippen molar-refractivity contribution >= 4 is 23.1 Å². The van der Waals surface area contributed by atoms with Crippen LogP contribution in [0.25, 0.3) is 0 Å². The Balaban J connectivity index is 3.60. The highest BCUT2D eigenvalue weighted by molar-refractivity contribution is 8.12. The van der Waals surface area contributed by atoms with Gasteiger partial charge >= 0.3 is 0 Å². The van der Waals surface area contributed by atoms with Crippen molar-refractivity contribution in [1.82, 2.24) is 0 Å². The molecule has 0 aliphatic carbocycles. The van der Waals surface area contributed by atoms with Crippen molar-refractivity contribution < 1.29 is 9.59 Å². The van der Waals surface area contributed by atoms with E-state index in [1.165, 1.54) is 6.08 Å². The number of carbonyl (C=O) groups is 1. The van der Waals surface area contributed by atoms with Crippen LogP contribution in [0.2, 0.25) is 0 Å². The van der Waals surface area contributed by atoms with Crippen LogP contribution >= 0.6 is 11.9 Å². The van der Waals surface area contributed by atoms with Gasteiger partial charge in [0.15, 0.2) is 0 Å². The van der Waals surface area contributed by atoms with Crippen LogP contribution in [-0.2, 0) is 9.59 Å². The summed E-state index contributed by atoms with van der Waals surface area (Å²) in [7, 11) is 0. The summed E-state index contributed by atoms with van der Waals surface area (Å²) in [5.41, 5.74) is 0. The lowest BCUT2D eigenvalue weighted by molar-refractivity contribution is -0.111. The van der Waals surface area contributed by atoms with E-state index in [4.69, 9.17) is 0 Å². The van der Waals surface area contributed by atoms with Gasteiger partial charge in [-0.1, -0.05) is 20.3 Å². The third kappa shape index (κ3) is 5.83. The van der Waals surface area contributed by atoms with Crippen molar-refractivity contribution in [1.29, 1.82) is 0 Å². The van der Waals surface area contributed by atoms with Crippen LogP contribution in [-0.4, -0.2) is 11.2 Å². The summed E-state index contributed by atoms with van der Waals surface area (Å²) in [4.78, 5) is 20.5.